The number of nitrogens with zero attached hydrogens (tertiary/aromatic N) is 3. The Morgan fingerprint density at radius 1 is 1.48 bits per heavy atom. The van der Waals surface area contributed by atoms with Crippen molar-refractivity contribution < 1.29 is 4.79 Å². The van der Waals surface area contributed by atoms with Gasteiger partial charge in [0.1, 0.15) is 5.82 Å². The van der Waals surface area contributed by atoms with Crippen LogP contribution < -0.4 is 5.73 Å². The number of hydrogen-bond acceptors (Lipinski definition) is 4. The van der Waals surface area contributed by atoms with E-state index >= 15 is 0 Å². The Morgan fingerprint density at radius 2 is 2.19 bits per heavy atom. The van der Waals surface area contributed by atoms with Crippen LogP contribution in [0.3, 0.4) is 0 Å². The third-order valence-corrected chi connectivity index (χ3v) is 3.35. The molecular formula is C16H18N4O. The van der Waals surface area contributed by atoms with Gasteiger partial charge in [0.15, 0.2) is 0 Å². The molecular weight excluding hydrogens is 264 g/mol. The Kier molecular flexibility index (Phi) is 4.39. The lowest BCUT2D eigenvalue weighted by Gasteiger charge is -2.22. The second-order valence-electron chi connectivity index (χ2n) is 4.99. The van der Waals surface area contributed by atoms with Crippen molar-refractivity contribution >= 4 is 22.6 Å². The summed E-state index contributed by atoms with van der Waals surface area (Å²) in [6.45, 7) is 4.65. The van der Waals surface area contributed by atoms with Crippen molar-refractivity contribution in [2.24, 2.45) is 5.92 Å². The van der Waals surface area contributed by atoms with E-state index in [1.807, 2.05) is 31.2 Å². The van der Waals surface area contributed by atoms with Gasteiger partial charge in [-0.15, -0.1) is 0 Å². The first-order valence-corrected chi connectivity index (χ1v) is 6.91. The SMILES string of the molecule is CCN(CC(C)C#N)C(=O)c1cc(N)nc2ccccc12. The number of nitriles is 1. The minimum absolute atomic E-state index is 0.120. The second-order valence-corrected chi connectivity index (χ2v) is 4.99. The van der Waals surface area contributed by atoms with Crippen molar-refractivity contribution in [2.75, 3.05) is 18.8 Å². The molecule has 0 aliphatic rings. The lowest BCUT2D eigenvalue weighted by Crippen LogP contribution is -2.34. The summed E-state index contributed by atoms with van der Waals surface area (Å²) >= 11 is 0. The number of benzene rings is 1. The Bertz CT molecular complexity index is 705. The zero-order valence-corrected chi connectivity index (χ0v) is 12.2. The third-order valence-electron chi connectivity index (χ3n) is 3.35. The summed E-state index contributed by atoms with van der Waals surface area (Å²) in [6, 6.07) is 11.2. The van der Waals surface area contributed by atoms with Crippen LogP contribution in [0.25, 0.3) is 10.9 Å². The molecule has 1 unspecified atom stereocenters. The summed E-state index contributed by atoms with van der Waals surface area (Å²) in [5.74, 6) is -0.00863. The lowest BCUT2D eigenvalue weighted by atomic mass is 10.1. The monoisotopic (exact) mass is 282 g/mol. The molecule has 5 heteroatoms. The molecule has 0 radical (unpaired) electrons. The Morgan fingerprint density at radius 3 is 2.86 bits per heavy atom. The molecule has 0 bridgehead atoms. The topological polar surface area (TPSA) is 83.0 Å². The molecule has 0 fully saturated rings. The van der Waals surface area contributed by atoms with Gasteiger partial charge in [0, 0.05) is 18.5 Å². The molecule has 1 atom stereocenters. The number of fused-ring (bicyclic) bond motifs is 1. The van der Waals surface area contributed by atoms with E-state index in [1.54, 1.807) is 17.9 Å². The van der Waals surface area contributed by atoms with E-state index in [0.29, 0.717) is 30.0 Å². The maximum Gasteiger partial charge on any atom is 0.254 e. The summed E-state index contributed by atoms with van der Waals surface area (Å²) in [5.41, 5.74) is 7.03. The number of aromatic nitrogens is 1. The zero-order chi connectivity index (χ0) is 15.4. The first kappa shape index (κ1) is 14.8. The van der Waals surface area contributed by atoms with Crippen molar-refractivity contribution in [1.82, 2.24) is 9.88 Å². The number of pyridine rings is 1. The van der Waals surface area contributed by atoms with Gasteiger partial charge in [0.2, 0.25) is 0 Å². The van der Waals surface area contributed by atoms with E-state index in [0.717, 1.165) is 5.39 Å². The number of carbonyl (C=O) groups is 1. The van der Waals surface area contributed by atoms with Crippen LogP contribution in [0.4, 0.5) is 5.82 Å². The number of hydrogen-bond donors (Lipinski definition) is 1. The summed E-state index contributed by atoms with van der Waals surface area (Å²) < 4.78 is 0. The number of nitrogen functional groups attached to an aromatic ring is 1. The first-order valence-electron chi connectivity index (χ1n) is 6.91. The van der Waals surface area contributed by atoms with Gasteiger partial charge >= 0.3 is 0 Å². The average molecular weight is 282 g/mol. The maximum absolute atomic E-state index is 12.7. The molecule has 2 N–H and O–H groups in total. The Labute approximate surface area is 124 Å². The van der Waals surface area contributed by atoms with E-state index in [4.69, 9.17) is 11.0 Å². The van der Waals surface area contributed by atoms with Crippen LogP contribution in [-0.4, -0.2) is 28.9 Å². The predicted octanol–water partition coefficient (Wildman–Crippen LogP) is 2.44. The molecule has 0 aliphatic carbocycles. The van der Waals surface area contributed by atoms with Crippen molar-refractivity contribution in [1.29, 1.82) is 5.26 Å². The van der Waals surface area contributed by atoms with Gasteiger partial charge in [-0.05, 0) is 26.0 Å². The number of carbonyl (C=O) groups excluding carboxylic acids is 1. The van der Waals surface area contributed by atoms with Gasteiger partial charge in [-0.25, -0.2) is 4.98 Å². The number of nitrogens with two attached hydrogens (primary N) is 1. The smallest absolute Gasteiger partial charge is 0.254 e. The molecule has 2 aromatic rings. The van der Waals surface area contributed by atoms with Crippen molar-refractivity contribution in [3.63, 3.8) is 0 Å². The minimum Gasteiger partial charge on any atom is -0.384 e. The normalized spacial score (nSPS) is 11.9. The molecule has 0 saturated heterocycles. The number of para-hydroxylation sites is 1. The molecule has 5 nitrogen and oxygen atoms in total. The van der Waals surface area contributed by atoms with E-state index < -0.39 is 0 Å². The average Bonchev–Trinajstić information content (AvgIpc) is 2.50. The fourth-order valence-corrected chi connectivity index (χ4v) is 2.27. The third kappa shape index (κ3) is 3.11. The van der Waals surface area contributed by atoms with Gasteiger partial charge in [-0.2, -0.15) is 5.26 Å². The van der Waals surface area contributed by atoms with E-state index in [-0.39, 0.29) is 11.8 Å². The van der Waals surface area contributed by atoms with Crippen LogP contribution in [0.5, 0.6) is 0 Å². The fourth-order valence-electron chi connectivity index (χ4n) is 2.27. The molecule has 2 rings (SSSR count). The molecule has 0 aliphatic heterocycles. The van der Waals surface area contributed by atoms with Gasteiger partial charge in [0.25, 0.3) is 5.91 Å². The molecule has 1 aromatic carbocycles. The first-order chi connectivity index (χ1) is 10.1. The van der Waals surface area contributed by atoms with Crippen molar-refractivity contribution in [3.8, 4) is 6.07 Å². The molecule has 108 valence electrons. The molecule has 0 saturated carbocycles. The Balaban J connectivity index is 2.45. The van der Waals surface area contributed by atoms with E-state index in [9.17, 15) is 4.79 Å². The highest BCUT2D eigenvalue weighted by molar-refractivity contribution is 6.06. The molecule has 1 aromatic heterocycles. The quantitative estimate of drug-likeness (QED) is 0.933. The summed E-state index contributed by atoms with van der Waals surface area (Å²) in [4.78, 5) is 18.6. The van der Waals surface area contributed by atoms with Crippen molar-refractivity contribution in [2.45, 2.75) is 13.8 Å². The van der Waals surface area contributed by atoms with Crippen LogP contribution in [0.2, 0.25) is 0 Å². The fraction of sp³-hybridized carbons (Fsp3) is 0.312. The molecule has 1 heterocycles. The van der Waals surface area contributed by atoms with Crippen molar-refractivity contribution in [3.05, 3.63) is 35.9 Å². The molecule has 1 amide bonds. The number of rotatable bonds is 4. The zero-order valence-electron chi connectivity index (χ0n) is 12.2. The maximum atomic E-state index is 12.7. The summed E-state index contributed by atoms with van der Waals surface area (Å²) in [7, 11) is 0. The van der Waals surface area contributed by atoms with Crippen LogP contribution >= 0.6 is 0 Å². The highest BCUT2D eigenvalue weighted by Gasteiger charge is 2.19. The van der Waals surface area contributed by atoms with Gasteiger partial charge in [-0.3, -0.25) is 4.79 Å². The highest BCUT2D eigenvalue weighted by atomic mass is 16.2. The number of amides is 1. The Hall–Kier alpha value is -2.61. The highest BCUT2D eigenvalue weighted by Crippen LogP contribution is 2.21. The van der Waals surface area contributed by atoms with Crippen LogP contribution in [0, 0.1) is 17.2 Å². The largest absolute Gasteiger partial charge is 0.384 e. The van der Waals surface area contributed by atoms with Gasteiger partial charge in [0.05, 0.1) is 23.1 Å². The van der Waals surface area contributed by atoms with Crippen LogP contribution in [0.15, 0.2) is 30.3 Å². The van der Waals surface area contributed by atoms with Crippen LogP contribution in [0.1, 0.15) is 24.2 Å². The standard InChI is InChI=1S/C16H18N4O/c1-3-20(10-11(2)9-17)16(21)13-8-15(18)19-14-7-5-4-6-12(13)14/h4-8,11H,3,10H2,1-2H3,(H2,18,19). The lowest BCUT2D eigenvalue weighted by molar-refractivity contribution is 0.0754. The predicted molar refractivity (Wildman–Crippen MR) is 82.5 cm³/mol. The van der Waals surface area contributed by atoms with Gasteiger partial charge in [-0.1, -0.05) is 18.2 Å². The molecule has 0 spiro atoms. The summed E-state index contributed by atoms with van der Waals surface area (Å²) in [5, 5.41) is 9.71. The minimum atomic E-state index is -0.209. The van der Waals surface area contributed by atoms with Crippen LogP contribution in [-0.2, 0) is 0 Å². The second kappa shape index (κ2) is 6.23. The summed E-state index contributed by atoms with van der Waals surface area (Å²) in [6.07, 6.45) is 0. The van der Waals surface area contributed by atoms with E-state index in [2.05, 4.69) is 11.1 Å². The van der Waals surface area contributed by atoms with E-state index in [1.165, 1.54) is 0 Å². The number of anilines is 1. The van der Waals surface area contributed by atoms with Gasteiger partial charge < -0.3 is 10.6 Å². The molecule has 21 heavy (non-hydrogen) atoms.